The fraction of sp³-hybridized carbons (Fsp3) is 0.526. The van der Waals surface area contributed by atoms with Crippen LogP contribution >= 0.6 is 0 Å². The number of nitrogens with one attached hydrogen (secondary N) is 1. The van der Waals surface area contributed by atoms with Crippen LogP contribution in [0.25, 0.3) is 11.0 Å². The average molecular weight is 340 g/mol. The Hall–Kier alpha value is -2.37. The Morgan fingerprint density at radius 3 is 2.56 bits per heavy atom. The zero-order valence-electron chi connectivity index (χ0n) is 14.4. The zero-order valence-corrected chi connectivity index (χ0v) is 14.4. The number of fused-ring (bicyclic) bond motifs is 1. The molecule has 0 unspecified atom stereocenters. The van der Waals surface area contributed by atoms with Crippen LogP contribution in [0.4, 0.5) is 0 Å². The first-order valence-electron chi connectivity index (χ1n) is 9.21. The maximum atomic E-state index is 12.7. The molecule has 2 heterocycles. The summed E-state index contributed by atoms with van der Waals surface area (Å²) >= 11 is 0. The van der Waals surface area contributed by atoms with Crippen molar-refractivity contribution in [2.75, 3.05) is 26.2 Å². The molecule has 1 aromatic carbocycles. The van der Waals surface area contributed by atoms with Crippen LogP contribution in [-0.4, -0.2) is 57.8 Å². The van der Waals surface area contributed by atoms with Crippen molar-refractivity contribution in [1.82, 2.24) is 19.8 Å². The average Bonchev–Trinajstić information content (AvgIpc) is 3.32. The first kappa shape index (κ1) is 16.1. The number of benzene rings is 1. The molecule has 0 radical (unpaired) electrons. The quantitative estimate of drug-likeness (QED) is 0.933. The summed E-state index contributed by atoms with van der Waals surface area (Å²) in [6, 6.07) is 5.53. The van der Waals surface area contributed by atoms with E-state index in [1.165, 1.54) is 25.7 Å². The number of aromatic nitrogens is 2. The van der Waals surface area contributed by atoms with Crippen LogP contribution in [0.2, 0.25) is 0 Å². The van der Waals surface area contributed by atoms with Crippen LogP contribution in [0.3, 0.4) is 0 Å². The number of carbonyl (C=O) groups excluding carboxylic acids is 2. The highest BCUT2D eigenvalue weighted by Gasteiger charge is 2.27. The second kappa shape index (κ2) is 6.86. The van der Waals surface area contributed by atoms with Gasteiger partial charge in [0, 0.05) is 38.2 Å². The van der Waals surface area contributed by atoms with E-state index in [1.807, 2.05) is 28.0 Å². The number of hydrogen-bond donors (Lipinski definition) is 1. The minimum atomic E-state index is 0.0272. The molecule has 0 atom stereocenters. The number of carbonyl (C=O) groups is 2. The van der Waals surface area contributed by atoms with Crippen LogP contribution < -0.4 is 0 Å². The Morgan fingerprint density at radius 1 is 1.08 bits per heavy atom. The van der Waals surface area contributed by atoms with Gasteiger partial charge in [0.2, 0.25) is 5.91 Å². The van der Waals surface area contributed by atoms with Gasteiger partial charge in [0.15, 0.2) is 0 Å². The highest BCUT2D eigenvalue weighted by atomic mass is 16.2. The zero-order chi connectivity index (χ0) is 17.2. The molecule has 25 heavy (non-hydrogen) atoms. The Kier molecular flexibility index (Phi) is 4.42. The van der Waals surface area contributed by atoms with Gasteiger partial charge in [-0.1, -0.05) is 12.8 Å². The molecule has 1 aliphatic carbocycles. The minimum Gasteiger partial charge on any atom is -0.345 e. The monoisotopic (exact) mass is 340 g/mol. The number of amides is 2. The van der Waals surface area contributed by atoms with Crippen LogP contribution in [0.5, 0.6) is 0 Å². The summed E-state index contributed by atoms with van der Waals surface area (Å²) in [6.45, 7) is 2.50. The minimum absolute atomic E-state index is 0.0272. The molecule has 1 saturated heterocycles. The van der Waals surface area contributed by atoms with E-state index in [1.54, 1.807) is 6.33 Å². The van der Waals surface area contributed by atoms with Crippen molar-refractivity contribution in [2.45, 2.75) is 32.1 Å². The third-order valence-corrected chi connectivity index (χ3v) is 5.52. The molecule has 1 aliphatic heterocycles. The standard InChI is InChI=1S/C19H24N4O2/c24-18(11-14-3-1-2-4-14)22-7-9-23(10-8-22)19(25)15-5-6-16-17(12-15)21-13-20-16/h5-6,12-14H,1-4,7-11H2,(H,20,21). The third kappa shape index (κ3) is 3.38. The van der Waals surface area contributed by atoms with Gasteiger partial charge in [-0.15, -0.1) is 0 Å². The topological polar surface area (TPSA) is 69.3 Å². The number of H-pyrrole nitrogens is 1. The lowest BCUT2D eigenvalue weighted by Crippen LogP contribution is -2.50. The van der Waals surface area contributed by atoms with Gasteiger partial charge in [-0.25, -0.2) is 4.98 Å². The molecule has 2 amide bonds. The highest BCUT2D eigenvalue weighted by Crippen LogP contribution is 2.28. The number of hydrogen-bond acceptors (Lipinski definition) is 3. The summed E-state index contributed by atoms with van der Waals surface area (Å²) in [7, 11) is 0. The Bertz CT molecular complexity index is 771. The normalized spacial score (nSPS) is 18.9. The van der Waals surface area contributed by atoms with Gasteiger partial charge < -0.3 is 14.8 Å². The second-order valence-corrected chi connectivity index (χ2v) is 7.16. The fourth-order valence-corrected chi connectivity index (χ4v) is 4.00. The van der Waals surface area contributed by atoms with E-state index in [2.05, 4.69) is 9.97 Å². The van der Waals surface area contributed by atoms with Crippen molar-refractivity contribution in [1.29, 1.82) is 0 Å². The summed E-state index contributed by atoms with van der Waals surface area (Å²) in [5.41, 5.74) is 2.40. The molecule has 6 nitrogen and oxygen atoms in total. The van der Waals surface area contributed by atoms with E-state index in [4.69, 9.17) is 0 Å². The van der Waals surface area contributed by atoms with Crippen molar-refractivity contribution in [3.63, 3.8) is 0 Å². The molecule has 1 N–H and O–H groups in total. The van der Waals surface area contributed by atoms with Gasteiger partial charge >= 0.3 is 0 Å². The van der Waals surface area contributed by atoms with Crippen molar-refractivity contribution in [3.8, 4) is 0 Å². The molecule has 0 spiro atoms. The molecule has 2 aliphatic rings. The van der Waals surface area contributed by atoms with E-state index >= 15 is 0 Å². The molecule has 6 heteroatoms. The third-order valence-electron chi connectivity index (χ3n) is 5.52. The Morgan fingerprint density at radius 2 is 1.80 bits per heavy atom. The summed E-state index contributed by atoms with van der Waals surface area (Å²) in [5.74, 6) is 0.866. The molecular formula is C19H24N4O2. The number of piperazine rings is 1. The number of aromatic amines is 1. The molecule has 1 saturated carbocycles. The van der Waals surface area contributed by atoms with Gasteiger partial charge in [-0.05, 0) is 37.0 Å². The van der Waals surface area contributed by atoms with Gasteiger partial charge in [0.25, 0.3) is 5.91 Å². The first-order chi connectivity index (χ1) is 12.2. The molecule has 0 bridgehead atoms. The maximum absolute atomic E-state index is 12.7. The molecular weight excluding hydrogens is 316 g/mol. The molecule has 4 rings (SSSR count). The SMILES string of the molecule is O=C(CC1CCCC1)N1CCN(C(=O)c2ccc3nc[nH]c3c2)CC1. The van der Waals surface area contributed by atoms with Crippen LogP contribution in [0.15, 0.2) is 24.5 Å². The summed E-state index contributed by atoms with van der Waals surface area (Å²) < 4.78 is 0. The molecule has 132 valence electrons. The van der Waals surface area contributed by atoms with Crippen molar-refractivity contribution >= 4 is 22.8 Å². The Labute approximate surface area is 147 Å². The number of rotatable bonds is 3. The van der Waals surface area contributed by atoms with Gasteiger partial charge in [0.1, 0.15) is 0 Å². The Balaban J connectivity index is 1.34. The van der Waals surface area contributed by atoms with Crippen molar-refractivity contribution < 1.29 is 9.59 Å². The van der Waals surface area contributed by atoms with E-state index in [-0.39, 0.29) is 11.8 Å². The summed E-state index contributed by atoms with van der Waals surface area (Å²) in [5, 5.41) is 0. The fourth-order valence-electron chi connectivity index (χ4n) is 4.00. The first-order valence-corrected chi connectivity index (χ1v) is 9.21. The lowest BCUT2D eigenvalue weighted by Gasteiger charge is -2.35. The van der Waals surface area contributed by atoms with Crippen LogP contribution in [0, 0.1) is 5.92 Å². The molecule has 2 fully saturated rings. The smallest absolute Gasteiger partial charge is 0.254 e. The van der Waals surface area contributed by atoms with Crippen LogP contribution in [0.1, 0.15) is 42.5 Å². The van der Waals surface area contributed by atoms with Crippen molar-refractivity contribution in [3.05, 3.63) is 30.1 Å². The second-order valence-electron chi connectivity index (χ2n) is 7.16. The predicted octanol–water partition coefficient (Wildman–Crippen LogP) is 2.43. The van der Waals surface area contributed by atoms with E-state index < -0.39 is 0 Å². The number of nitrogens with zero attached hydrogens (tertiary/aromatic N) is 3. The summed E-state index contributed by atoms with van der Waals surface area (Å²) in [4.78, 5) is 36.1. The van der Waals surface area contributed by atoms with Crippen molar-refractivity contribution in [2.24, 2.45) is 5.92 Å². The maximum Gasteiger partial charge on any atom is 0.254 e. The van der Waals surface area contributed by atoms with E-state index in [0.717, 1.165) is 11.0 Å². The largest absolute Gasteiger partial charge is 0.345 e. The summed E-state index contributed by atoms with van der Waals surface area (Å²) in [6.07, 6.45) is 7.24. The lowest BCUT2D eigenvalue weighted by molar-refractivity contribution is -0.133. The highest BCUT2D eigenvalue weighted by molar-refractivity contribution is 5.97. The molecule has 1 aromatic heterocycles. The number of imidazole rings is 1. The molecule has 2 aromatic rings. The van der Waals surface area contributed by atoms with Gasteiger partial charge in [0.05, 0.1) is 17.4 Å². The lowest BCUT2D eigenvalue weighted by atomic mass is 10.0. The van der Waals surface area contributed by atoms with Gasteiger partial charge in [-0.3, -0.25) is 9.59 Å². The predicted molar refractivity (Wildman–Crippen MR) is 95.2 cm³/mol. The van der Waals surface area contributed by atoms with Gasteiger partial charge in [-0.2, -0.15) is 0 Å². The van der Waals surface area contributed by atoms with E-state index in [9.17, 15) is 9.59 Å². The van der Waals surface area contributed by atoms with E-state index in [0.29, 0.717) is 44.1 Å². The van der Waals surface area contributed by atoms with Crippen LogP contribution in [-0.2, 0) is 4.79 Å².